The van der Waals surface area contributed by atoms with E-state index in [9.17, 15) is 4.79 Å². The lowest BCUT2D eigenvalue weighted by molar-refractivity contribution is -0.0586. The highest BCUT2D eigenvalue weighted by Gasteiger charge is 2.26. The highest BCUT2D eigenvalue weighted by molar-refractivity contribution is 5.94. The van der Waals surface area contributed by atoms with Crippen molar-refractivity contribution in [3.05, 3.63) is 59.7 Å². The summed E-state index contributed by atoms with van der Waals surface area (Å²) >= 11 is 0. The molecule has 0 N–H and O–H groups in total. The van der Waals surface area contributed by atoms with Crippen LogP contribution in [-0.4, -0.2) is 43.2 Å². The van der Waals surface area contributed by atoms with Crippen LogP contribution in [0.3, 0.4) is 0 Å². The zero-order chi connectivity index (χ0) is 18.5. The van der Waals surface area contributed by atoms with Crippen molar-refractivity contribution in [2.24, 2.45) is 0 Å². The van der Waals surface area contributed by atoms with E-state index in [2.05, 4.69) is 0 Å². The fourth-order valence-electron chi connectivity index (χ4n) is 3.17. The minimum atomic E-state index is 0.0456. The average molecular weight is 355 g/mol. The van der Waals surface area contributed by atoms with Gasteiger partial charge < -0.3 is 19.1 Å². The van der Waals surface area contributed by atoms with Crippen LogP contribution < -0.4 is 9.47 Å². The van der Waals surface area contributed by atoms with Gasteiger partial charge in [-0.1, -0.05) is 24.3 Å². The second kappa shape index (κ2) is 8.23. The van der Waals surface area contributed by atoms with Crippen molar-refractivity contribution >= 4 is 5.91 Å². The lowest BCUT2D eigenvalue weighted by Crippen LogP contribution is -2.48. The van der Waals surface area contributed by atoms with Gasteiger partial charge in [0.05, 0.1) is 19.3 Å². The number of benzene rings is 2. The van der Waals surface area contributed by atoms with Crippen molar-refractivity contribution in [1.29, 1.82) is 0 Å². The Hall–Kier alpha value is -2.53. The molecule has 0 unspecified atom stereocenters. The summed E-state index contributed by atoms with van der Waals surface area (Å²) in [7, 11) is 1.62. The summed E-state index contributed by atoms with van der Waals surface area (Å²) in [6.07, 6.45) is 0.132. The molecule has 0 saturated carbocycles. The van der Waals surface area contributed by atoms with Crippen LogP contribution in [0.4, 0.5) is 0 Å². The monoisotopic (exact) mass is 355 g/mol. The van der Waals surface area contributed by atoms with Crippen LogP contribution in [0.1, 0.15) is 29.8 Å². The molecule has 0 radical (unpaired) electrons. The molecule has 1 aliphatic rings. The van der Waals surface area contributed by atoms with Gasteiger partial charge in [0.25, 0.3) is 5.91 Å². The first-order chi connectivity index (χ1) is 12.6. The molecule has 1 amide bonds. The minimum Gasteiger partial charge on any atom is -0.493 e. The summed E-state index contributed by atoms with van der Waals surface area (Å²) in [6, 6.07) is 15.1. The van der Waals surface area contributed by atoms with E-state index in [1.54, 1.807) is 7.11 Å². The van der Waals surface area contributed by atoms with E-state index in [-0.39, 0.29) is 18.1 Å². The second-order valence-corrected chi connectivity index (χ2v) is 6.60. The maximum Gasteiger partial charge on any atom is 0.254 e. The fourth-order valence-corrected chi connectivity index (χ4v) is 3.17. The molecule has 1 heterocycles. The number of rotatable bonds is 5. The summed E-state index contributed by atoms with van der Waals surface area (Å²) in [4.78, 5) is 14.5. The molecule has 2 atom stereocenters. The Labute approximate surface area is 154 Å². The standard InChI is InChI=1S/C21H25NO4/c1-15-12-22(13-16(2)26-15)21(23)18-10-8-17(9-11-18)14-25-20-7-5-4-6-19(20)24-3/h4-11,15-16H,12-14H2,1-3H3/t15-,16+. The predicted octanol–water partition coefficient (Wildman–Crippen LogP) is 3.52. The molecule has 2 aromatic carbocycles. The van der Waals surface area contributed by atoms with Crippen molar-refractivity contribution < 1.29 is 19.0 Å². The number of amides is 1. The molecule has 0 aliphatic carbocycles. The molecule has 1 fully saturated rings. The van der Waals surface area contributed by atoms with Crippen LogP contribution in [0.15, 0.2) is 48.5 Å². The summed E-state index contributed by atoms with van der Waals surface area (Å²) in [6.45, 7) is 5.66. The molecule has 1 aliphatic heterocycles. The second-order valence-electron chi connectivity index (χ2n) is 6.60. The lowest BCUT2D eigenvalue weighted by Gasteiger charge is -2.35. The normalized spacial score (nSPS) is 19.9. The van der Waals surface area contributed by atoms with Gasteiger partial charge in [-0.25, -0.2) is 0 Å². The Kier molecular flexibility index (Phi) is 5.78. The Morgan fingerprint density at radius 3 is 2.27 bits per heavy atom. The zero-order valence-corrected chi connectivity index (χ0v) is 15.5. The SMILES string of the molecule is COc1ccccc1OCc1ccc(C(=O)N2C[C@@H](C)O[C@@H](C)C2)cc1. The Morgan fingerprint density at radius 1 is 1.04 bits per heavy atom. The first kappa shape index (κ1) is 18.3. The highest BCUT2D eigenvalue weighted by Crippen LogP contribution is 2.26. The van der Waals surface area contributed by atoms with Crippen molar-refractivity contribution in [2.45, 2.75) is 32.7 Å². The minimum absolute atomic E-state index is 0.0456. The van der Waals surface area contributed by atoms with Crippen molar-refractivity contribution in [1.82, 2.24) is 4.90 Å². The highest BCUT2D eigenvalue weighted by atomic mass is 16.5. The van der Waals surface area contributed by atoms with E-state index < -0.39 is 0 Å². The van der Waals surface area contributed by atoms with E-state index >= 15 is 0 Å². The van der Waals surface area contributed by atoms with Gasteiger partial charge in [-0.3, -0.25) is 4.79 Å². The lowest BCUT2D eigenvalue weighted by atomic mass is 10.1. The molecule has 5 nitrogen and oxygen atoms in total. The first-order valence-corrected chi connectivity index (χ1v) is 8.86. The Bertz CT molecular complexity index is 734. The van der Waals surface area contributed by atoms with Crippen LogP contribution in [-0.2, 0) is 11.3 Å². The van der Waals surface area contributed by atoms with Gasteiger partial charge in [0.2, 0.25) is 0 Å². The molecular formula is C21H25NO4. The van der Waals surface area contributed by atoms with Gasteiger partial charge in [0, 0.05) is 18.7 Å². The van der Waals surface area contributed by atoms with Gasteiger partial charge in [0.15, 0.2) is 11.5 Å². The van der Waals surface area contributed by atoms with Gasteiger partial charge in [0.1, 0.15) is 6.61 Å². The van der Waals surface area contributed by atoms with Crippen LogP contribution >= 0.6 is 0 Å². The number of hydrogen-bond acceptors (Lipinski definition) is 4. The smallest absolute Gasteiger partial charge is 0.254 e. The van der Waals surface area contributed by atoms with E-state index in [1.165, 1.54) is 0 Å². The fraction of sp³-hybridized carbons (Fsp3) is 0.381. The predicted molar refractivity (Wildman–Crippen MR) is 99.7 cm³/mol. The van der Waals surface area contributed by atoms with Crippen LogP contribution in [0.2, 0.25) is 0 Å². The third-order valence-electron chi connectivity index (χ3n) is 4.37. The van der Waals surface area contributed by atoms with Crippen LogP contribution in [0.25, 0.3) is 0 Å². The number of nitrogens with zero attached hydrogens (tertiary/aromatic N) is 1. The van der Waals surface area contributed by atoms with Gasteiger partial charge in [-0.15, -0.1) is 0 Å². The quantitative estimate of drug-likeness (QED) is 0.823. The Morgan fingerprint density at radius 2 is 1.65 bits per heavy atom. The summed E-state index contributed by atoms with van der Waals surface area (Å²) < 4.78 is 16.8. The number of para-hydroxylation sites is 2. The molecule has 138 valence electrons. The topological polar surface area (TPSA) is 48.0 Å². The molecule has 1 saturated heterocycles. The number of carbonyl (C=O) groups is 1. The molecule has 26 heavy (non-hydrogen) atoms. The maximum absolute atomic E-state index is 12.7. The van der Waals surface area contributed by atoms with E-state index in [1.807, 2.05) is 67.3 Å². The van der Waals surface area contributed by atoms with Crippen molar-refractivity contribution in [2.75, 3.05) is 20.2 Å². The molecule has 0 spiro atoms. The van der Waals surface area contributed by atoms with E-state index in [0.29, 0.717) is 36.8 Å². The number of hydrogen-bond donors (Lipinski definition) is 0. The molecule has 3 rings (SSSR count). The molecular weight excluding hydrogens is 330 g/mol. The summed E-state index contributed by atoms with van der Waals surface area (Å²) in [5.74, 6) is 1.45. The van der Waals surface area contributed by atoms with E-state index in [4.69, 9.17) is 14.2 Å². The Balaban J connectivity index is 1.62. The summed E-state index contributed by atoms with van der Waals surface area (Å²) in [5, 5.41) is 0. The molecule has 5 heteroatoms. The van der Waals surface area contributed by atoms with Crippen LogP contribution in [0, 0.1) is 0 Å². The number of morpholine rings is 1. The van der Waals surface area contributed by atoms with Crippen LogP contribution in [0.5, 0.6) is 11.5 Å². The largest absolute Gasteiger partial charge is 0.493 e. The van der Waals surface area contributed by atoms with Crippen molar-refractivity contribution in [3.8, 4) is 11.5 Å². The number of methoxy groups -OCH3 is 1. The first-order valence-electron chi connectivity index (χ1n) is 8.86. The van der Waals surface area contributed by atoms with Gasteiger partial charge in [-0.05, 0) is 43.7 Å². The average Bonchev–Trinajstić information content (AvgIpc) is 2.65. The third-order valence-corrected chi connectivity index (χ3v) is 4.37. The number of carbonyl (C=O) groups excluding carboxylic acids is 1. The summed E-state index contributed by atoms with van der Waals surface area (Å²) in [5.41, 5.74) is 1.68. The maximum atomic E-state index is 12.7. The third kappa shape index (κ3) is 4.35. The number of ether oxygens (including phenoxy) is 3. The van der Waals surface area contributed by atoms with Gasteiger partial charge >= 0.3 is 0 Å². The van der Waals surface area contributed by atoms with Crippen molar-refractivity contribution in [3.63, 3.8) is 0 Å². The molecule has 0 aromatic heterocycles. The molecule has 2 aromatic rings. The van der Waals surface area contributed by atoms with Gasteiger partial charge in [-0.2, -0.15) is 0 Å². The van der Waals surface area contributed by atoms with E-state index in [0.717, 1.165) is 5.56 Å². The zero-order valence-electron chi connectivity index (χ0n) is 15.5. The molecule has 0 bridgehead atoms.